The highest BCUT2D eigenvalue weighted by atomic mass is 16.3. The van der Waals surface area contributed by atoms with Crippen molar-refractivity contribution in [2.24, 2.45) is 0 Å². The maximum Gasteiger partial charge on any atom is 0.143 e. The van der Waals surface area contributed by atoms with Crippen LogP contribution in [0.4, 0.5) is 0 Å². The zero-order chi connectivity index (χ0) is 32.8. The van der Waals surface area contributed by atoms with Crippen LogP contribution in [0, 0.1) is 0 Å². The fourth-order valence-electron chi connectivity index (χ4n) is 8.25. The van der Waals surface area contributed by atoms with Crippen LogP contribution in [0.2, 0.25) is 0 Å². The molecule has 0 N–H and O–H groups in total. The largest absolute Gasteiger partial charge is 0.456 e. The summed E-state index contributed by atoms with van der Waals surface area (Å²) in [6.07, 6.45) is 0. The van der Waals surface area contributed by atoms with Crippen LogP contribution < -0.4 is 0 Å². The molecule has 0 aliphatic heterocycles. The molecule has 9 aromatic carbocycles. The highest BCUT2D eigenvalue weighted by Crippen LogP contribution is 2.46. The van der Waals surface area contributed by atoms with E-state index in [1.807, 2.05) is 12.1 Å². The molecule has 0 fully saturated rings. The summed E-state index contributed by atoms with van der Waals surface area (Å²) in [5.41, 5.74) is 10.6. The van der Waals surface area contributed by atoms with E-state index in [-0.39, 0.29) is 0 Å². The Morgan fingerprint density at radius 1 is 0.280 bits per heavy atom. The first-order valence-electron chi connectivity index (χ1n) is 17.1. The number of rotatable bonds is 3. The van der Waals surface area contributed by atoms with Crippen molar-refractivity contribution in [2.75, 3.05) is 0 Å². The van der Waals surface area contributed by atoms with Gasteiger partial charge in [-0.15, -0.1) is 0 Å². The molecule has 0 spiro atoms. The van der Waals surface area contributed by atoms with E-state index in [1.54, 1.807) is 0 Å². The molecule has 0 bridgehead atoms. The van der Waals surface area contributed by atoms with Crippen LogP contribution in [0.25, 0.3) is 110 Å². The van der Waals surface area contributed by atoms with Gasteiger partial charge in [0.2, 0.25) is 0 Å². The van der Waals surface area contributed by atoms with Gasteiger partial charge in [-0.3, -0.25) is 0 Å². The summed E-state index contributed by atoms with van der Waals surface area (Å²) in [7, 11) is 0. The van der Waals surface area contributed by atoms with Crippen molar-refractivity contribution in [1.82, 2.24) is 0 Å². The quantitative estimate of drug-likeness (QED) is 0.180. The van der Waals surface area contributed by atoms with E-state index in [9.17, 15) is 0 Å². The second-order valence-electron chi connectivity index (χ2n) is 13.2. The maximum absolute atomic E-state index is 6.68. The Bertz CT molecular complexity index is 3090. The Morgan fingerprint density at radius 3 is 1.52 bits per heavy atom. The minimum Gasteiger partial charge on any atom is -0.456 e. The van der Waals surface area contributed by atoms with Crippen LogP contribution in [0.5, 0.6) is 0 Å². The minimum absolute atomic E-state index is 0.865. The molecular formula is C48H28O2. The average Bonchev–Trinajstić information content (AvgIpc) is 3.74. The lowest BCUT2D eigenvalue weighted by atomic mass is 9.84. The molecule has 0 saturated carbocycles. The monoisotopic (exact) mass is 636 g/mol. The first-order valence-corrected chi connectivity index (χ1v) is 17.1. The van der Waals surface area contributed by atoms with E-state index in [0.29, 0.717) is 0 Å². The van der Waals surface area contributed by atoms with Crippen molar-refractivity contribution in [1.29, 1.82) is 0 Å². The van der Waals surface area contributed by atoms with Gasteiger partial charge in [0.25, 0.3) is 0 Å². The number of para-hydroxylation sites is 2. The van der Waals surface area contributed by atoms with Gasteiger partial charge in [-0.1, -0.05) is 140 Å². The number of hydrogen-bond donors (Lipinski definition) is 0. The van der Waals surface area contributed by atoms with E-state index in [0.717, 1.165) is 60.6 Å². The fraction of sp³-hybridized carbons (Fsp3) is 0. The molecule has 2 nitrogen and oxygen atoms in total. The Balaban J connectivity index is 1.12. The van der Waals surface area contributed by atoms with E-state index in [2.05, 4.69) is 158 Å². The van der Waals surface area contributed by atoms with Gasteiger partial charge in [-0.2, -0.15) is 0 Å². The number of furan rings is 2. The highest BCUT2D eigenvalue weighted by Gasteiger charge is 2.19. The van der Waals surface area contributed by atoms with E-state index < -0.39 is 0 Å². The predicted octanol–water partition coefficient (Wildman–Crippen LogP) is 13.9. The standard InChI is InChI=1S/C48H28O2/c1-2-13-32-29(11-1)12-9-20-37(32)47-40-17-5-3-15-38(40)46(39-16-4-6-18-41(39)47)31-24-26-36-35-25-23-30(27-44(35)49-45(36)28-31)33-19-10-21-42-34-14-7-8-22-43(34)50-48(33)42/h1-28H. The molecule has 2 heteroatoms. The van der Waals surface area contributed by atoms with Crippen LogP contribution in [-0.4, -0.2) is 0 Å². The van der Waals surface area contributed by atoms with Gasteiger partial charge in [0, 0.05) is 27.1 Å². The summed E-state index contributed by atoms with van der Waals surface area (Å²) < 4.78 is 13.1. The smallest absolute Gasteiger partial charge is 0.143 e. The van der Waals surface area contributed by atoms with E-state index in [1.165, 1.54) is 49.0 Å². The zero-order valence-corrected chi connectivity index (χ0v) is 27.0. The molecule has 0 amide bonds. The predicted molar refractivity (Wildman–Crippen MR) is 210 cm³/mol. The van der Waals surface area contributed by atoms with Gasteiger partial charge in [-0.25, -0.2) is 0 Å². The van der Waals surface area contributed by atoms with Gasteiger partial charge < -0.3 is 8.83 Å². The number of fused-ring (bicyclic) bond motifs is 9. The molecule has 0 aliphatic carbocycles. The first-order chi connectivity index (χ1) is 24.8. The molecule has 0 saturated heterocycles. The van der Waals surface area contributed by atoms with Crippen molar-refractivity contribution in [3.05, 3.63) is 170 Å². The second kappa shape index (κ2) is 10.4. The molecule has 0 radical (unpaired) electrons. The molecule has 2 aromatic heterocycles. The normalized spacial score (nSPS) is 12.0. The molecule has 0 aliphatic rings. The molecule has 50 heavy (non-hydrogen) atoms. The third-order valence-electron chi connectivity index (χ3n) is 10.5. The third-order valence-corrected chi connectivity index (χ3v) is 10.5. The lowest BCUT2D eigenvalue weighted by Gasteiger charge is -2.18. The van der Waals surface area contributed by atoms with E-state index in [4.69, 9.17) is 8.83 Å². The summed E-state index contributed by atoms with van der Waals surface area (Å²) in [6.45, 7) is 0. The van der Waals surface area contributed by atoms with Crippen molar-refractivity contribution in [2.45, 2.75) is 0 Å². The topological polar surface area (TPSA) is 26.3 Å². The van der Waals surface area contributed by atoms with Crippen molar-refractivity contribution >= 4 is 76.2 Å². The van der Waals surface area contributed by atoms with E-state index >= 15 is 0 Å². The summed E-state index contributed by atoms with van der Waals surface area (Å²) in [5.74, 6) is 0. The van der Waals surface area contributed by atoms with Gasteiger partial charge >= 0.3 is 0 Å². The zero-order valence-electron chi connectivity index (χ0n) is 27.0. The third kappa shape index (κ3) is 3.90. The second-order valence-corrected chi connectivity index (χ2v) is 13.2. The van der Waals surface area contributed by atoms with Crippen molar-refractivity contribution in [3.8, 4) is 33.4 Å². The molecule has 11 aromatic rings. The lowest BCUT2D eigenvalue weighted by Crippen LogP contribution is -1.91. The Hall–Kier alpha value is -6.64. The summed E-state index contributed by atoms with van der Waals surface area (Å²) in [6, 6.07) is 60.8. The van der Waals surface area contributed by atoms with Crippen LogP contribution in [-0.2, 0) is 0 Å². The van der Waals surface area contributed by atoms with Gasteiger partial charge in [0.1, 0.15) is 22.3 Å². The summed E-state index contributed by atoms with van der Waals surface area (Å²) >= 11 is 0. The molecule has 232 valence electrons. The number of benzene rings is 9. The molecule has 0 atom stereocenters. The summed E-state index contributed by atoms with van der Waals surface area (Å²) in [5, 5.41) is 11.9. The maximum atomic E-state index is 6.68. The fourth-order valence-corrected chi connectivity index (χ4v) is 8.25. The van der Waals surface area contributed by atoms with Crippen molar-refractivity contribution in [3.63, 3.8) is 0 Å². The van der Waals surface area contributed by atoms with Gasteiger partial charge in [-0.05, 0) is 90.5 Å². The van der Waals surface area contributed by atoms with Crippen LogP contribution in [0.1, 0.15) is 0 Å². The van der Waals surface area contributed by atoms with Gasteiger partial charge in [0.15, 0.2) is 0 Å². The molecule has 0 unspecified atom stereocenters. The van der Waals surface area contributed by atoms with Gasteiger partial charge in [0.05, 0.1) is 0 Å². The Labute approximate surface area is 287 Å². The van der Waals surface area contributed by atoms with Crippen LogP contribution in [0.3, 0.4) is 0 Å². The molecule has 11 rings (SSSR count). The molecule has 2 heterocycles. The Kier molecular flexibility index (Phi) is 5.70. The molecular weight excluding hydrogens is 609 g/mol. The summed E-state index contributed by atoms with van der Waals surface area (Å²) in [4.78, 5) is 0. The SMILES string of the molecule is c1ccc2c(-c3c4ccccc4c(-c4ccc5c(c4)oc4cc(-c6cccc7c6oc6ccccc67)ccc45)c4ccccc34)cccc2c1. The Morgan fingerprint density at radius 2 is 0.780 bits per heavy atom. The average molecular weight is 637 g/mol. The van der Waals surface area contributed by atoms with Crippen molar-refractivity contribution < 1.29 is 8.83 Å². The number of hydrogen-bond acceptors (Lipinski definition) is 2. The van der Waals surface area contributed by atoms with Crippen LogP contribution >= 0.6 is 0 Å². The highest BCUT2D eigenvalue weighted by molar-refractivity contribution is 6.24. The lowest BCUT2D eigenvalue weighted by molar-refractivity contribution is 0.668. The first kappa shape index (κ1) is 27.3. The van der Waals surface area contributed by atoms with Crippen LogP contribution in [0.15, 0.2) is 179 Å². The minimum atomic E-state index is 0.865.